The van der Waals surface area contributed by atoms with Crippen molar-refractivity contribution in [3.8, 4) is 0 Å². The number of hydrogen-bond donors (Lipinski definition) is 1. The second-order valence-corrected chi connectivity index (χ2v) is 2.42. The number of hydrogen-bond acceptors (Lipinski definition) is 2. The summed E-state index contributed by atoms with van der Waals surface area (Å²) in [7, 11) is 0. The molecular weight excluding hydrogens is 128 g/mol. The van der Waals surface area contributed by atoms with Gasteiger partial charge >= 0.3 is 0 Å². The van der Waals surface area contributed by atoms with Crippen molar-refractivity contribution in [2.24, 2.45) is 0 Å². The van der Waals surface area contributed by atoms with Gasteiger partial charge in [0.2, 0.25) is 0 Å². The lowest BCUT2D eigenvalue weighted by molar-refractivity contribution is 0.284. The average Bonchev–Trinajstić information content (AvgIpc) is 2.31. The molecule has 10 heavy (non-hydrogen) atoms. The topological polar surface area (TPSA) is 33.4 Å². The summed E-state index contributed by atoms with van der Waals surface area (Å²) >= 11 is 0. The number of aliphatic hydroxyl groups excluding tert-OH is 1. The van der Waals surface area contributed by atoms with Crippen LogP contribution in [0.3, 0.4) is 0 Å². The Hall–Kier alpha value is -0.760. The van der Waals surface area contributed by atoms with E-state index in [1.807, 2.05) is 13.0 Å². The fourth-order valence-corrected chi connectivity index (χ4v) is 0.875. The van der Waals surface area contributed by atoms with Crippen LogP contribution in [-0.2, 0) is 6.42 Å². The van der Waals surface area contributed by atoms with Crippen molar-refractivity contribution < 1.29 is 9.52 Å². The lowest BCUT2D eigenvalue weighted by Crippen LogP contribution is -1.85. The normalized spacial score (nSPS) is 10.2. The standard InChI is InChI=1S/C8H12O2/c1-7-5-8(10-6-7)3-2-4-9/h5-6,9H,2-4H2,1H3. The van der Waals surface area contributed by atoms with E-state index in [0.29, 0.717) is 0 Å². The van der Waals surface area contributed by atoms with E-state index in [0.717, 1.165) is 24.2 Å². The Labute approximate surface area is 60.5 Å². The quantitative estimate of drug-likeness (QED) is 0.690. The van der Waals surface area contributed by atoms with Crippen molar-refractivity contribution in [2.45, 2.75) is 19.8 Å². The minimum Gasteiger partial charge on any atom is -0.469 e. The Bertz CT molecular complexity index is 191. The summed E-state index contributed by atoms with van der Waals surface area (Å²) in [4.78, 5) is 0. The van der Waals surface area contributed by atoms with Crippen molar-refractivity contribution in [3.63, 3.8) is 0 Å². The van der Waals surface area contributed by atoms with Gasteiger partial charge in [-0.1, -0.05) is 0 Å². The molecule has 0 amide bonds. The zero-order chi connectivity index (χ0) is 7.40. The third-order valence-electron chi connectivity index (χ3n) is 1.37. The van der Waals surface area contributed by atoms with Crippen LogP contribution in [0.2, 0.25) is 0 Å². The number of furan rings is 1. The van der Waals surface area contributed by atoms with E-state index in [2.05, 4.69) is 0 Å². The van der Waals surface area contributed by atoms with Crippen LogP contribution in [0, 0.1) is 6.92 Å². The van der Waals surface area contributed by atoms with E-state index in [9.17, 15) is 0 Å². The summed E-state index contributed by atoms with van der Waals surface area (Å²) in [5, 5.41) is 8.49. The molecule has 0 spiro atoms. The van der Waals surface area contributed by atoms with Gasteiger partial charge in [0, 0.05) is 13.0 Å². The first kappa shape index (κ1) is 7.35. The van der Waals surface area contributed by atoms with Gasteiger partial charge in [-0.15, -0.1) is 0 Å². The molecule has 0 unspecified atom stereocenters. The Morgan fingerprint density at radius 3 is 2.90 bits per heavy atom. The van der Waals surface area contributed by atoms with Gasteiger partial charge in [-0.3, -0.25) is 0 Å². The third-order valence-corrected chi connectivity index (χ3v) is 1.37. The van der Waals surface area contributed by atoms with E-state index in [4.69, 9.17) is 9.52 Å². The molecule has 56 valence electrons. The molecule has 1 aromatic rings. The van der Waals surface area contributed by atoms with E-state index >= 15 is 0 Å². The molecule has 1 rings (SSSR count). The van der Waals surface area contributed by atoms with Crippen LogP contribution < -0.4 is 0 Å². The molecule has 0 aliphatic rings. The molecule has 0 atom stereocenters. The molecule has 0 aliphatic carbocycles. The fourth-order valence-electron chi connectivity index (χ4n) is 0.875. The van der Waals surface area contributed by atoms with Crippen molar-refractivity contribution in [1.29, 1.82) is 0 Å². The van der Waals surface area contributed by atoms with Gasteiger partial charge in [-0.2, -0.15) is 0 Å². The lowest BCUT2D eigenvalue weighted by Gasteiger charge is -1.90. The summed E-state index contributed by atoms with van der Waals surface area (Å²) in [5.74, 6) is 0.964. The first-order valence-corrected chi connectivity index (χ1v) is 3.48. The fraction of sp³-hybridized carbons (Fsp3) is 0.500. The van der Waals surface area contributed by atoms with Gasteiger partial charge < -0.3 is 9.52 Å². The minimum atomic E-state index is 0.236. The highest BCUT2D eigenvalue weighted by Gasteiger charge is 1.96. The molecule has 2 nitrogen and oxygen atoms in total. The van der Waals surface area contributed by atoms with Crippen LogP contribution in [-0.4, -0.2) is 11.7 Å². The zero-order valence-corrected chi connectivity index (χ0v) is 6.13. The molecule has 2 heteroatoms. The van der Waals surface area contributed by atoms with E-state index < -0.39 is 0 Å². The monoisotopic (exact) mass is 140 g/mol. The Morgan fingerprint density at radius 1 is 1.60 bits per heavy atom. The smallest absolute Gasteiger partial charge is 0.104 e. The van der Waals surface area contributed by atoms with E-state index in [1.165, 1.54) is 0 Å². The molecule has 1 aromatic heterocycles. The molecule has 0 bridgehead atoms. The second-order valence-electron chi connectivity index (χ2n) is 2.42. The van der Waals surface area contributed by atoms with Gasteiger partial charge in [-0.25, -0.2) is 0 Å². The maximum Gasteiger partial charge on any atom is 0.104 e. The molecule has 0 fully saturated rings. The molecule has 0 saturated heterocycles. The van der Waals surface area contributed by atoms with Crippen LogP contribution in [0.5, 0.6) is 0 Å². The highest BCUT2D eigenvalue weighted by Crippen LogP contribution is 2.07. The predicted octanol–water partition coefficient (Wildman–Crippen LogP) is 1.51. The van der Waals surface area contributed by atoms with Gasteiger partial charge in [0.15, 0.2) is 0 Å². The zero-order valence-electron chi connectivity index (χ0n) is 6.13. The molecule has 1 heterocycles. The molecular formula is C8H12O2. The van der Waals surface area contributed by atoms with Crippen molar-refractivity contribution >= 4 is 0 Å². The number of rotatable bonds is 3. The summed E-state index contributed by atoms with van der Waals surface area (Å²) in [6.07, 6.45) is 3.35. The summed E-state index contributed by atoms with van der Waals surface area (Å²) in [6.45, 7) is 2.23. The van der Waals surface area contributed by atoms with Crippen LogP contribution >= 0.6 is 0 Å². The molecule has 0 saturated carbocycles. The largest absolute Gasteiger partial charge is 0.469 e. The van der Waals surface area contributed by atoms with Crippen LogP contribution in [0.4, 0.5) is 0 Å². The summed E-state index contributed by atoms with van der Waals surface area (Å²) in [6, 6.07) is 2.00. The minimum absolute atomic E-state index is 0.236. The van der Waals surface area contributed by atoms with Crippen molar-refractivity contribution in [3.05, 3.63) is 23.7 Å². The number of aryl methyl sites for hydroxylation is 2. The molecule has 1 N–H and O–H groups in total. The third kappa shape index (κ3) is 1.88. The summed E-state index contributed by atoms with van der Waals surface area (Å²) < 4.78 is 5.16. The second kappa shape index (κ2) is 3.42. The Morgan fingerprint density at radius 2 is 2.40 bits per heavy atom. The van der Waals surface area contributed by atoms with Crippen LogP contribution in [0.25, 0.3) is 0 Å². The SMILES string of the molecule is Cc1coc(CCCO)c1. The Balaban J connectivity index is 2.42. The average molecular weight is 140 g/mol. The van der Waals surface area contributed by atoms with E-state index in [1.54, 1.807) is 6.26 Å². The van der Waals surface area contributed by atoms with Gasteiger partial charge in [0.25, 0.3) is 0 Å². The van der Waals surface area contributed by atoms with Gasteiger partial charge in [-0.05, 0) is 25.0 Å². The van der Waals surface area contributed by atoms with Crippen molar-refractivity contribution in [2.75, 3.05) is 6.61 Å². The maximum absolute atomic E-state index is 8.49. The highest BCUT2D eigenvalue weighted by molar-refractivity contribution is 5.10. The molecule has 0 radical (unpaired) electrons. The van der Waals surface area contributed by atoms with Crippen molar-refractivity contribution in [1.82, 2.24) is 0 Å². The van der Waals surface area contributed by atoms with Crippen LogP contribution in [0.1, 0.15) is 17.7 Å². The van der Waals surface area contributed by atoms with Gasteiger partial charge in [0.1, 0.15) is 5.76 Å². The molecule has 0 aliphatic heterocycles. The molecule has 0 aromatic carbocycles. The van der Waals surface area contributed by atoms with Crippen LogP contribution in [0.15, 0.2) is 16.7 Å². The summed E-state index contributed by atoms with van der Waals surface area (Å²) in [5.41, 5.74) is 1.15. The van der Waals surface area contributed by atoms with Gasteiger partial charge in [0.05, 0.1) is 6.26 Å². The maximum atomic E-state index is 8.49. The lowest BCUT2D eigenvalue weighted by atomic mass is 10.2. The first-order valence-electron chi connectivity index (χ1n) is 3.48. The predicted molar refractivity (Wildman–Crippen MR) is 38.9 cm³/mol. The Kier molecular flexibility index (Phi) is 2.51. The van der Waals surface area contributed by atoms with E-state index in [-0.39, 0.29) is 6.61 Å². The number of aliphatic hydroxyl groups is 1. The first-order chi connectivity index (χ1) is 4.83. The highest BCUT2D eigenvalue weighted by atomic mass is 16.3.